The molecule has 0 heterocycles. The molecule has 0 spiro atoms. The normalized spacial score (nSPS) is 10.8. The quantitative estimate of drug-likeness (QED) is 0.106. The van der Waals surface area contributed by atoms with Crippen molar-refractivity contribution in [1.29, 1.82) is 0 Å². The average molecular weight is 787 g/mol. The van der Waals surface area contributed by atoms with Crippen LogP contribution in [0.2, 0.25) is 13.1 Å². The summed E-state index contributed by atoms with van der Waals surface area (Å²) in [6.07, 6.45) is 4.74. The second kappa shape index (κ2) is 18.5. The molecule has 0 unspecified atom stereocenters. The third kappa shape index (κ3) is 9.17. The summed E-state index contributed by atoms with van der Waals surface area (Å²) in [7, 11) is 1.08. The monoisotopic (exact) mass is 788 g/mol. The summed E-state index contributed by atoms with van der Waals surface area (Å²) >= 11 is 0. The Morgan fingerprint density at radius 3 is 1.22 bits per heavy atom. The van der Waals surface area contributed by atoms with Gasteiger partial charge in [0.2, 0.25) is 0 Å². The van der Waals surface area contributed by atoms with Crippen LogP contribution < -0.4 is 0 Å². The Hall–Kier alpha value is -2.81. The SMILES string of the molecule is CCCc1cc2c(-c3ccccc3C(C)C)cccc2[cH-]1.CCCc1cc2c(-c3ccccc3C(C)C)cccc2[cH-]1.C[Si]C.[Hf]. The first kappa shape index (κ1) is 37.6. The molecule has 0 saturated carbocycles. The second-order valence-electron chi connectivity index (χ2n) is 12.8. The summed E-state index contributed by atoms with van der Waals surface area (Å²) in [6.45, 7) is 17.9. The van der Waals surface area contributed by atoms with Crippen LogP contribution in [-0.4, -0.2) is 9.52 Å². The summed E-state index contributed by atoms with van der Waals surface area (Å²) < 4.78 is 0. The zero-order chi connectivity index (χ0) is 32.3. The van der Waals surface area contributed by atoms with Gasteiger partial charge in [-0.05, 0) is 46.9 Å². The van der Waals surface area contributed by atoms with Gasteiger partial charge in [-0.15, -0.1) is 69.1 Å². The molecule has 0 bridgehead atoms. The number of rotatable bonds is 8. The van der Waals surface area contributed by atoms with E-state index < -0.39 is 0 Å². The van der Waals surface area contributed by atoms with Crippen LogP contribution >= 0.6 is 0 Å². The first-order valence-corrected chi connectivity index (χ1v) is 19.0. The van der Waals surface area contributed by atoms with Crippen molar-refractivity contribution in [1.82, 2.24) is 0 Å². The minimum absolute atomic E-state index is 0. The van der Waals surface area contributed by atoms with Crippen molar-refractivity contribution in [3.63, 3.8) is 0 Å². The molecule has 0 N–H and O–H groups in total. The van der Waals surface area contributed by atoms with Crippen LogP contribution in [0.3, 0.4) is 0 Å². The molecular formula is C44H52HfSi-2. The van der Waals surface area contributed by atoms with E-state index in [9.17, 15) is 0 Å². The Morgan fingerprint density at radius 2 is 0.870 bits per heavy atom. The molecule has 0 aromatic heterocycles. The van der Waals surface area contributed by atoms with E-state index in [1.807, 2.05) is 0 Å². The molecule has 6 aromatic carbocycles. The average Bonchev–Trinajstić information content (AvgIpc) is 3.65. The molecule has 2 heteroatoms. The van der Waals surface area contributed by atoms with E-state index in [-0.39, 0.29) is 25.8 Å². The van der Waals surface area contributed by atoms with Gasteiger partial charge in [0.25, 0.3) is 0 Å². The van der Waals surface area contributed by atoms with Crippen molar-refractivity contribution >= 4 is 31.1 Å². The Labute approximate surface area is 301 Å². The Balaban J connectivity index is 0.000000226. The third-order valence-corrected chi connectivity index (χ3v) is 8.44. The predicted molar refractivity (Wildman–Crippen MR) is 204 cm³/mol. The van der Waals surface area contributed by atoms with E-state index in [1.165, 1.54) is 91.7 Å². The Kier molecular flexibility index (Phi) is 15.1. The summed E-state index contributed by atoms with van der Waals surface area (Å²) in [6, 6.07) is 40.4. The summed E-state index contributed by atoms with van der Waals surface area (Å²) in [5.74, 6) is 1.09. The number of hydrogen-bond acceptors (Lipinski definition) is 0. The molecule has 2 radical (unpaired) electrons. The summed E-state index contributed by atoms with van der Waals surface area (Å²) in [5, 5.41) is 5.53. The van der Waals surface area contributed by atoms with Gasteiger partial charge in [0.05, 0.1) is 0 Å². The molecule has 0 saturated heterocycles. The van der Waals surface area contributed by atoms with Gasteiger partial charge in [-0.3, -0.25) is 0 Å². The van der Waals surface area contributed by atoms with Gasteiger partial charge < -0.3 is 0 Å². The minimum atomic E-state index is 0. The number of hydrogen-bond donors (Lipinski definition) is 0. The van der Waals surface area contributed by atoms with Gasteiger partial charge in [-0.25, -0.2) is 0 Å². The van der Waals surface area contributed by atoms with E-state index in [4.69, 9.17) is 0 Å². The van der Waals surface area contributed by atoms with Crippen molar-refractivity contribution in [2.24, 2.45) is 0 Å². The molecule has 0 aliphatic heterocycles. The zero-order valence-electron chi connectivity index (χ0n) is 29.4. The molecule has 238 valence electrons. The van der Waals surface area contributed by atoms with Gasteiger partial charge in [-0.2, -0.15) is 12.1 Å². The standard InChI is InChI=1S/2C21H23.C2H6Si.Hf/c2*1-4-8-16-13-17-9-7-12-20(21(17)14-16)19-11-6-5-10-18(19)15(2)3;1-3-2;/h2*5-7,9-15H,4,8H2,1-3H3;1-2H3;/q2*-1;;. The molecular weight excluding hydrogens is 735 g/mol. The molecule has 0 aliphatic carbocycles. The third-order valence-electron chi connectivity index (χ3n) is 8.44. The Bertz CT molecular complexity index is 1650. The molecule has 0 amide bonds. The van der Waals surface area contributed by atoms with E-state index in [2.05, 4.69) is 164 Å². The molecule has 0 atom stereocenters. The smallest absolute Gasteiger partial charge is 0.0307 e. The van der Waals surface area contributed by atoms with Crippen molar-refractivity contribution in [3.05, 3.63) is 131 Å². The van der Waals surface area contributed by atoms with Crippen LogP contribution in [0.15, 0.2) is 109 Å². The van der Waals surface area contributed by atoms with Gasteiger partial charge >= 0.3 is 0 Å². The summed E-state index contributed by atoms with van der Waals surface area (Å²) in [5.41, 5.74) is 11.3. The van der Waals surface area contributed by atoms with Crippen molar-refractivity contribution < 1.29 is 25.8 Å². The topological polar surface area (TPSA) is 0 Å². The van der Waals surface area contributed by atoms with Crippen LogP contribution in [0.5, 0.6) is 0 Å². The minimum Gasteiger partial charge on any atom is -0.164 e. The van der Waals surface area contributed by atoms with Gasteiger partial charge in [-0.1, -0.05) is 139 Å². The molecule has 6 rings (SSSR count). The van der Waals surface area contributed by atoms with Crippen molar-refractivity contribution in [2.75, 3.05) is 0 Å². The van der Waals surface area contributed by atoms with Crippen molar-refractivity contribution in [3.8, 4) is 22.3 Å². The zero-order valence-corrected chi connectivity index (χ0v) is 34.0. The van der Waals surface area contributed by atoms with Crippen LogP contribution in [0.4, 0.5) is 0 Å². The number of benzene rings is 4. The predicted octanol–water partition coefficient (Wildman–Crippen LogP) is 13.4. The van der Waals surface area contributed by atoms with Gasteiger partial charge in [0.15, 0.2) is 0 Å². The summed E-state index contributed by atoms with van der Waals surface area (Å²) in [4.78, 5) is 0. The maximum absolute atomic E-state index is 2.38. The fraction of sp³-hybridized carbons (Fsp3) is 0.318. The Morgan fingerprint density at radius 1 is 0.522 bits per heavy atom. The molecule has 46 heavy (non-hydrogen) atoms. The van der Waals surface area contributed by atoms with Crippen LogP contribution in [0.1, 0.15) is 88.5 Å². The number of aryl methyl sites for hydroxylation is 2. The van der Waals surface area contributed by atoms with E-state index in [1.54, 1.807) is 0 Å². The fourth-order valence-electron chi connectivity index (χ4n) is 6.42. The van der Waals surface area contributed by atoms with Gasteiger partial charge in [0.1, 0.15) is 0 Å². The molecule has 0 nitrogen and oxygen atoms in total. The number of fused-ring (bicyclic) bond motifs is 2. The van der Waals surface area contributed by atoms with E-state index in [0.717, 1.165) is 9.52 Å². The molecule has 0 fully saturated rings. The first-order valence-electron chi connectivity index (χ1n) is 17.0. The van der Waals surface area contributed by atoms with E-state index in [0.29, 0.717) is 11.8 Å². The largest absolute Gasteiger partial charge is 0.164 e. The maximum atomic E-state index is 2.38. The van der Waals surface area contributed by atoms with Crippen LogP contribution in [0, 0.1) is 0 Å². The van der Waals surface area contributed by atoms with Crippen LogP contribution in [-0.2, 0) is 38.7 Å². The van der Waals surface area contributed by atoms with E-state index >= 15 is 0 Å². The maximum Gasteiger partial charge on any atom is 0.0307 e. The second-order valence-corrected chi connectivity index (χ2v) is 13.8. The molecule has 6 aromatic rings. The molecule has 0 aliphatic rings. The van der Waals surface area contributed by atoms with Crippen LogP contribution in [0.25, 0.3) is 43.8 Å². The van der Waals surface area contributed by atoms with Gasteiger partial charge in [0, 0.05) is 35.4 Å². The first-order chi connectivity index (χ1) is 21.8. The fourth-order valence-corrected chi connectivity index (χ4v) is 6.42. The van der Waals surface area contributed by atoms with Crippen molar-refractivity contribution in [2.45, 2.75) is 92.2 Å².